The normalized spacial score (nSPS) is 18.5. The van der Waals surface area contributed by atoms with Crippen molar-refractivity contribution in [2.24, 2.45) is 0 Å². The van der Waals surface area contributed by atoms with Gasteiger partial charge in [-0.2, -0.15) is 0 Å². The summed E-state index contributed by atoms with van der Waals surface area (Å²) in [6.07, 6.45) is 1.60. The number of hydrogen-bond donors (Lipinski definition) is 1. The van der Waals surface area contributed by atoms with E-state index in [2.05, 4.69) is 26.2 Å². The second-order valence-corrected chi connectivity index (χ2v) is 7.77. The molecule has 5 nitrogen and oxygen atoms in total. The zero-order chi connectivity index (χ0) is 15.5. The number of carbonyl (C=O) groups excluding carboxylic acids is 1. The SMILES string of the molecule is CC(C)(C)OC(=O)COC1(c2nc(Br)cs2)CCNCC1. The Labute approximate surface area is 137 Å². The van der Waals surface area contributed by atoms with Gasteiger partial charge in [-0.3, -0.25) is 0 Å². The fraction of sp³-hybridized carbons (Fsp3) is 0.714. The molecule has 0 spiro atoms. The van der Waals surface area contributed by atoms with Crippen molar-refractivity contribution in [3.63, 3.8) is 0 Å². The van der Waals surface area contributed by atoms with Crippen molar-refractivity contribution in [2.45, 2.75) is 44.8 Å². The highest BCUT2D eigenvalue weighted by Gasteiger charge is 2.38. The summed E-state index contributed by atoms with van der Waals surface area (Å²) in [4.78, 5) is 16.4. The number of halogens is 1. The zero-order valence-electron chi connectivity index (χ0n) is 12.6. The maximum atomic E-state index is 11.9. The van der Waals surface area contributed by atoms with E-state index in [1.54, 1.807) is 11.3 Å². The molecule has 2 heterocycles. The molecule has 7 heteroatoms. The van der Waals surface area contributed by atoms with E-state index >= 15 is 0 Å². The first-order valence-corrected chi connectivity index (χ1v) is 8.66. The number of ether oxygens (including phenoxy) is 2. The van der Waals surface area contributed by atoms with E-state index in [9.17, 15) is 4.79 Å². The lowest BCUT2D eigenvalue weighted by Gasteiger charge is -2.35. The van der Waals surface area contributed by atoms with Crippen LogP contribution in [0.15, 0.2) is 9.98 Å². The molecule has 0 atom stereocenters. The van der Waals surface area contributed by atoms with Gasteiger partial charge < -0.3 is 14.8 Å². The van der Waals surface area contributed by atoms with Crippen LogP contribution in [0.5, 0.6) is 0 Å². The molecule has 2 rings (SSSR count). The van der Waals surface area contributed by atoms with Gasteiger partial charge in [-0.25, -0.2) is 9.78 Å². The number of rotatable bonds is 4. The fourth-order valence-electron chi connectivity index (χ4n) is 2.28. The average Bonchev–Trinajstić information content (AvgIpc) is 2.83. The molecule has 0 amide bonds. The van der Waals surface area contributed by atoms with Crippen LogP contribution in [-0.4, -0.2) is 36.3 Å². The molecule has 0 aromatic carbocycles. The van der Waals surface area contributed by atoms with Crippen molar-refractivity contribution in [2.75, 3.05) is 19.7 Å². The predicted molar refractivity (Wildman–Crippen MR) is 85.4 cm³/mol. The van der Waals surface area contributed by atoms with Crippen molar-refractivity contribution in [1.29, 1.82) is 0 Å². The first kappa shape index (κ1) is 16.9. The molecule has 0 saturated carbocycles. The summed E-state index contributed by atoms with van der Waals surface area (Å²) in [7, 11) is 0. The Morgan fingerprint density at radius 1 is 1.48 bits per heavy atom. The third-order valence-electron chi connectivity index (χ3n) is 3.16. The maximum Gasteiger partial charge on any atom is 0.332 e. The smallest absolute Gasteiger partial charge is 0.332 e. The van der Waals surface area contributed by atoms with E-state index in [1.807, 2.05) is 26.2 Å². The van der Waals surface area contributed by atoms with Crippen molar-refractivity contribution < 1.29 is 14.3 Å². The van der Waals surface area contributed by atoms with Gasteiger partial charge in [-0.1, -0.05) is 0 Å². The third kappa shape index (κ3) is 4.74. The Hall–Kier alpha value is -0.500. The summed E-state index contributed by atoms with van der Waals surface area (Å²) in [5.74, 6) is -0.337. The highest BCUT2D eigenvalue weighted by molar-refractivity contribution is 9.10. The number of aromatic nitrogens is 1. The van der Waals surface area contributed by atoms with E-state index in [4.69, 9.17) is 9.47 Å². The monoisotopic (exact) mass is 376 g/mol. The van der Waals surface area contributed by atoms with E-state index in [0.717, 1.165) is 35.5 Å². The lowest BCUT2D eigenvalue weighted by Crippen LogP contribution is -2.43. The molecule has 1 aliphatic rings. The number of hydrogen-bond acceptors (Lipinski definition) is 6. The molecule has 0 radical (unpaired) electrons. The first-order chi connectivity index (χ1) is 9.81. The molecular formula is C14H21BrN2O3S. The molecule has 1 aromatic heterocycles. The molecule has 1 saturated heterocycles. The summed E-state index contributed by atoms with van der Waals surface area (Å²) in [6.45, 7) is 7.21. The topological polar surface area (TPSA) is 60.5 Å². The van der Waals surface area contributed by atoms with E-state index in [0.29, 0.717) is 0 Å². The molecular weight excluding hydrogens is 356 g/mol. The minimum absolute atomic E-state index is 0.0472. The summed E-state index contributed by atoms with van der Waals surface area (Å²) in [6, 6.07) is 0. The van der Waals surface area contributed by atoms with Crippen molar-refractivity contribution >= 4 is 33.2 Å². The summed E-state index contributed by atoms with van der Waals surface area (Å²) >= 11 is 4.94. The van der Waals surface area contributed by atoms with Crippen LogP contribution in [0.2, 0.25) is 0 Å². The molecule has 0 aliphatic carbocycles. The largest absolute Gasteiger partial charge is 0.458 e. The number of nitrogens with zero attached hydrogens (tertiary/aromatic N) is 1. The van der Waals surface area contributed by atoms with E-state index in [-0.39, 0.29) is 12.6 Å². The van der Waals surface area contributed by atoms with Crippen molar-refractivity contribution in [3.8, 4) is 0 Å². The Balaban J connectivity index is 2.05. The molecule has 1 aliphatic heterocycles. The first-order valence-electron chi connectivity index (χ1n) is 6.99. The Morgan fingerprint density at radius 2 is 2.14 bits per heavy atom. The van der Waals surface area contributed by atoms with Crippen LogP contribution in [0.1, 0.15) is 38.6 Å². The fourth-order valence-corrected chi connectivity index (χ4v) is 3.75. The Bertz CT molecular complexity index is 493. The van der Waals surface area contributed by atoms with Gasteiger partial charge in [0.15, 0.2) is 0 Å². The molecule has 0 bridgehead atoms. The van der Waals surface area contributed by atoms with Crippen LogP contribution in [0, 0.1) is 0 Å². The number of piperidine rings is 1. The molecule has 1 fully saturated rings. The second kappa shape index (κ2) is 6.73. The van der Waals surface area contributed by atoms with Crippen LogP contribution >= 0.6 is 27.3 Å². The van der Waals surface area contributed by atoms with Crippen LogP contribution in [0.4, 0.5) is 0 Å². The Morgan fingerprint density at radius 3 is 2.67 bits per heavy atom. The van der Waals surface area contributed by atoms with Gasteiger partial charge in [-0.15, -0.1) is 11.3 Å². The number of nitrogens with one attached hydrogen (secondary N) is 1. The minimum Gasteiger partial charge on any atom is -0.458 e. The molecule has 1 aromatic rings. The quantitative estimate of drug-likeness (QED) is 0.818. The van der Waals surface area contributed by atoms with Gasteiger partial charge in [0.1, 0.15) is 27.4 Å². The summed E-state index contributed by atoms with van der Waals surface area (Å²) in [5.41, 5.74) is -0.981. The highest BCUT2D eigenvalue weighted by Crippen LogP contribution is 2.37. The predicted octanol–water partition coefficient (Wildman–Crippen LogP) is 2.84. The van der Waals surface area contributed by atoms with Crippen LogP contribution in [0.25, 0.3) is 0 Å². The second-order valence-electron chi connectivity index (χ2n) is 6.09. The van der Waals surface area contributed by atoms with Crippen molar-refractivity contribution in [3.05, 3.63) is 15.0 Å². The number of esters is 1. The van der Waals surface area contributed by atoms with E-state index < -0.39 is 11.2 Å². The van der Waals surface area contributed by atoms with E-state index in [1.165, 1.54) is 0 Å². The van der Waals surface area contributed by atoms with Crippen LogP contribution < -0.4 is 5.32 Å². The summed E-state index contributed by atoms with van der Waals surface area (Å²) in [5, 5.41) is 6.17. The highest BCUT2D eigenvalue weighted by atomic mass is 79.9. The molecule has 1 N–H and O–H groups in total. The van der Waals surface area contributed by atoms with Gasteiger partial charge in [0, 0.05) is 5.38 Å². The van der Waals surface area contributed by atoms with Crippen LogP contribution in [-0.2, 0) is 19.9 Å². The molecule has 118 valence electrons. The maximum absolute atomic E-state index is 11.9. The standard InChI is InChI=1S/C14H21BrN2O3S/c1-13(2,3)20-11(18)8-19-14(4-6-16-7-5-14)12-17-10(15)9-21-12/h9,16H,4-8H2,1-3H3. The lowest BCUT2D eigenvalue weighted by molar-refractivity contribution is -0.169. The van der Waals surface area contributed by atoms with Gasteiger partial charge in [0.25, 0.3) is 0 Å². The number of thiazole rings is 1. The average molecular weight is 377 g/mol. The van der Waals surface area contributed by atoms with Gasteiger partial charge >= 0.3 is 5.97 Å². The van der Waals surface area contributed by atoms with Crippen molar-refractivity contribution in [1.82, 2.24) is 10.3 Å². The molecule has 21 heavy (non-hydrogen) atoms. The minimum atomic E-state index is -0.494. The van der Waals surface area contributed by atoms with Gasteiger partial charge in [0.05, 0.1) is 0 Å². The zero-order valence-corrected chi connectivity index (χ0v) is 15.0. The Kier molecular flexibility index (Phi) is 5.40. The van der Waals surface area contributed by atoms with Gasteiger partial charge in [-0.05, 0) is 62.6 Å². The van der Waals surface area contributed by atoms with Gasteiger partial charge in [0.2, 0.25) is 0 Å². The summed E-state index contributed by atoms with van der Waals surface area (Å²) < 4.78 is 12.1. The lowest BCUT2D eigenvalue weighted by atomic mass is 9.93. The number of carbonyl (C=O) groups is 1. The molecule has 0 unspecified atom stereocenters. The third-order valence-corrected chi connectivity index (χ3v) is 4.90. The van der Waals surface area contributed by atoms with Crippen LogP contribution in [0.3, 0.4) is 0 Å².